The fourth-order valence-corrected chi connectivity index (χ4v) is 3.75. The molecule has 1 unspecified atom stereocenters. The quantitative estimate of drug-likeness (QED) is 0.694. The minimum Gasteiger partial charge on any atom is -0.327 e. The van der Waals surface area contributed by atoms with Gasteiger partial charge in [0.15, 0.2) is 0 Å². The molecule has 4 rings (SSSR count). The van der Waals surface area contributed by atoms with E-state index in [2.05, 4.69) is 33.5 Å². The molecule has 0 bridgehead atoms. The maximum atomic E-state index is 13.2. The highest BCUT2D eigenvalue weighted by atomic mass is 19.1. The van der Waals surface area contributed by atoms with E-state index in [9.17, 15) is 4.39 Å². The zero-order chi connectivity index (χ0) is 17.9. The minimum atomic E-state index is -0.198. The highest BCUT2D eigenvalue weighted by Crippen LogP contribution is 2.33. The van der Waals surface area contributed by atoms with Crippen LogP contribution in [0.2, 0.25) is 0 Å². The van der Waals surface area contributed by atoms with Gasteiger partial charge in [-0.25, -0.2) is 9.37 Å². The van der Waals surface area contributed by atoms with E-state index in [-0.39, 0.29) is 5.82 Å². The van der Waals surface area contributed by atoms with E-state index in [4.69, 9.17) is 4.98 Å². The van der Waals surface area contributed by atoms with Crippen molar-refractivity contribution < 1.29 is 4.39 Å². The number of halogens is 1. The van der Waals surface area contributed by atoms with Crippen molar-refractivity contribution in [1.82, 2.24) is 19.4 Å². The molecule has 0 saturated carbocycles. The summed E-state index contributed by atoms with van der Waals surface area (Å²) in [5.41, 5.74) is 3.51. The Balaban J connectivity index is 1.58. The Morgan fingerprint density at radius 3 is 2.54 bits per heavy atom. The van der Waals surface area contributed by atoms with E-state index in [0.717, 1.165) is 43.1 Å². The van der Waals surface area contributed by atoms with Crippen LogP contribution in [0.5, 0.6) is 0 Å². The van der Waals surface area contributed by atoms with Crippen molar-refractivity contribution in [2.75, 3.05) is 6.54 Å². The third-order valence-electron chi connectivity index (χ3n) is 5.14. The van der Waals surface area contributed by atoms with E-state index in [1.54, 1.807) is 0 Å². The van der Waals surface area contributed by atoms with Gasteiger partial charge in [0.25, 0.3) is 0 Å². The van der Waals surface area contributed by atoms with Crippen molar-refractivity contribution in [3.05, 3.63) is 83.5 Å². The van der Waals surface area contributed by atoms with Crippen LogP contribution in [-0.2, 0) is 13.1 Å². The molecule has 1 saturated heterocycles. The summed E-state index contributed by atoms with van der Waals surface area (Å²) >= 11 is 0. The van der Waals surface area contributed by atoms with Gasteiger partial charge in [-0.3, -0.25) is 9.88 Å². The number of aryl methyl sites for hydroxylation is 1. The third-order valence-corrected chi connectivity index (χ3v) is 5.14. The van der Waals surface area contributed by atoms with Gasteiger partial charge >= 0.3 is 0 Å². The second-order valence-corrected chi connectivity index (χ2v) is 6.95. The lowest BCUT2D eigenvalue weighted by molar-refractivity contribution is 0.235. The van der Waals surface area contributed by atoms with Gasteiger partial charge in [0.1, 0.15) is 11.6 Å². The lowest BCUT2D eigenvalue weighted by Crippen LogP contribution is -2.25. The lowest BCUT2D eigenvalue weighted by Gasteiger charge is -2.25. The van der Waals surface area contributed by atoms with Crippen molar-refractivity contribution in [3.8, 4) is 0 Å². The zero-order valence-electron chi connectivity index (χ0n) is 15.0. The largest absolute Gasteiger partial charge is 0.327 e. The van der Waals surface area contributed by atoms with Crippen molar-refractivity contribution in [1.29, 1.82) is 0 Å². The molecule has 0 aliphatic carbocycles. The minimum absolute atomic E-state index is 0.198. The molecule has 1 aromatic carbocycles. The summed E-state index contributed by atoms with van der Waals surface area (Å²) in [5.74, 6) is 0.911. The van der Waals surface area contributed by atoms with Crippen molar-refractivity contribution in [2.45, 2.75) is 38.9 Å². The molecule has 4 nitrogen and oxygen atoms in total. The topological polar surface area (TPSA) is 34.0 Å². The lowest BCUT2D eigenvalue weighted by atomic mass is 10.1. The molecule has 1 atom stereocenters. The second kappa shape index (κ2) is 7.38. The van der Waals surface area contributed by atoms with Crippen molar-refractivity contribution in [2.24, 2.45) is 0 Å². The summed E-state index contributed by atoms with van der Waals surface area (Å²) in [6.07, 6.45) is 7.94. The monoisotopic (exact) mass is 350 g/mol. The maximum Gasteiger partial charge on any atom is 0.126 e. The Morgan fingerprint density at radius 2 is 1.77 bits per heavy atom. The number of pyridine rings is 1. The first-order chi connectivity index (χ1) is 12.7. The van der Waals surface area contributed by atoms with Crippen LogP contribution in [0.15, 0.2) is 55.0 Å². The standard InChI is InChI=1S/C21H23FN4/c1-16-13-24-21(26(16)15-17-4-6-19(22)7-5-17)20-3-2-12-25(20)14-18-8-10-23-11-9-18/h4-11,13,20H,2-3,12,14-15H2,1H3. The van der Waals surface area contributed by atoms with Crippen LogP contribution < -0.4 is 0 Å². The molecular formula is C21H23FN4. The highest BCUT2D eigenvalue weighted by Gasteiger charge is 2.29. The van der Waals surface area contributed by atoms with E-state index >= 15 is 0 Å². The maximum absolute atomic E-state index is 13.2. The van der Waals surface area contributed by atoms with E-state index in [0.29, 0.717) is 6.04 Å². The molecule has 3 heterocycles. The molecule has 0 N–H and O–H groups in total. The highest BCUT2D eigenvalue weighted by molar-refractivity contribution is 5.20. The predicted molar refractivity (Wildman–Crippen MR) is 99.1 cm³/mol. The normalized spacial score (nSPS) is 17.7. The number of benzene rings is 1. The molecule has 1 aliphatic rings. The Morgan fingerprint density at radius 1 is 1.04 bits per heavy atom. The fraction of sp³-hybridized carbons (Fsp3) is 0.333. The summed E-state index contributed by atoms with van der Waals surface area (Å²) in [6.45, 7) is 4.80. The molecule has 0 amide bonds. The molecule has 0 radical (unpaired) electrons. The smallest absolute Gasteiger partial charge is 0.126 e. The SMILES string of the molecule is Cc1cnc(C2CCCN2Cc2ccncc2)n1Cc1ccc(F)cc1. The first-order valence-electron chi connectivity index (χ1n) is 9.10. The summed E-state index contributed by atoms with van der Waals surface area (Å²) in [7, 11) is 0. The Kier molecular flexibility index (Phi) is 4.80. The van der Waals surface area contributed by atoms with Gasteiger partial charge in [0.05, 0.1) is 6.04 Å². The Hall–Kier alpha value is -2.53. The van der Waals surface area contributed by atoms with Crippen LogP contribution in [-0.4, -0.2) is 26.0 Å². The average molecular weight is 350 g/mol. The summed E-state index contributed by atoms with van der Waals surface area (Å²) in [6, 6.07) is 11.2. The van der Waals surface area contributed by atoms with Gasteiger partial charge in [0, 0.05) is 37.4 Å². The molecule has 2 aromatic heterocycles. The van der Waals surface area contributed by atoms with Crippen LogP contribution in [0.3, 0.4) is 0 Å². The number of likely N-dealkylation sites (tertiary alicyclic amines) is 1. The molecule has 1 aliphatic heterocycles. The Labute approximate surface area is 153 Å². The van der Waals surface area contributed by atoms with Crippen molar-refractivity contribution >= 4 is 0 Å². The van der Waals surface area contributed by atoms with Gasteiger partial charge in [-0.05, 0) is 61.7 Å². The van der Waals surface area contributed by atoms with Crippen LogP contribution in [0.4, 0.5) is 4.39 Å². The predicted octanol–water partition coefficient (Wildman–Crippen LogP) is 4.11. The van der Waals surface area contributed by atoms with E-state index < -0.39 is 0 Å². The number of hydrogen-bond donors (Lipinski definition) is 0. The van der Waals surface area contributed by atoms with E-state index in [1.807, 2.05) is 30.7 Å². The third kappa shape index (κ3) is 3.53. The van der Waals surface area contributed by atoms with Gasteiger partial charge in [0.2, 0.25) is 0 Å². The first-order valence-corrected chi connectivity index (χ1v) is 9.10. The van der Waals surface area contributed by atoms with Crippen LogP contribution in [0, 0.1) is 12.7 Å². The van der Waals surface area contributed by atoms with Crippen LogP contribution in [0.25, 0.3) is 0 Å². The number of aromatic nitrogens is 3. The zero-order valence-corrected chi connectivity index (χ0v) is 15.0. The summed E-state index contributed by atoms with van der Waals surface area (Å²) in [5, 5.41) is 0. The summed E-state index contributed by atoms with van der Waals surface area (Å²) in [4.78, 5) is 11.3. The first kappa shape index (κ1) is 16.9. The summed E-state index contributed by atoms with van der Waals surface area (Å²) < 4.78 is 15.5. The number of imidazole rings is 1. The van der Waals surface area contributed by atoms with Gasteiger partial charge < -0.3 is 4.57 Å². The van der Waals surface area contributed by atoms with Gasteiger partial charge in [-0.15, -0.1) is 0 Å². The molecule has 1 fully saturated rings. The molecule has 0 spiro atoms. The molecule has 26 heavy (non-hydrogen) atoms. The van der Waals surface area contributed by atoms with Crippen molar-refractivity contribution in [3.63, 3.8) is 0 Å². The van der Waals surface area contributed by atoms with E-state index in [1.165, 1.54) is 24.1 Å². The number of rotatable bonds is 5. The molecular weight excluding hydrogens is 327 g/mol. The number of nitrogens with zero attached hydrogens (tertiary/aromatic N) is 4. The average Bonchev–Trinajstić information content (AvgIpc) is 3.25. The Bertz CT molecular complexity index is 857. The molecule has 5 heteroatoms. The fourth-order valence-electron chi connectivity index (χ4n) is 3.75. The second-order valence-electron chi connectivity index (χ2n) is 6.95. The van der Waals surface area contributed by atoms with Gasteiger partial charge in [-0.1, -0.05) is 12.1 Å². The number of hydrogen-bond acceptors (Lipinski definition) is 3. The molecule has 134 valence electrons. The van der Waals surface area contributed by atoms with Crippen LogP contribution in [0.1, 0.15) is 41.5 Å². The van der Waals surface area contributed by atoms with Crippen LogP contribution >= 0.6 is 0 Å². The van der Waals surface area contributed by atoms with Gasteiger partial charge in [-0.2, -0.15) is 0 Å². The molecule has 3 aromatic rings.